The molecule has 1 aromatic carbocycles. The molecule has 2 aromatic rings. The molecule has 2 atom stereocenters. The average molecular weight is 501 g/mol. The van der Waals surface area contributed by atoms with Crippen molar-refractivity contribution in [3.8, 4) is 0 Å². The maximum absolute atomic E-state index is 13.6. The van der Waals surface area contributed by atoms with Gasteiger partial charge in [0.25, 0.3) is 0 Å². The van der Waals surface area contributed by atoms with Gasteiger partial charge in [-0.2, -0.15) is 0 Å². The average Bonchev–Trinajstić information content (AvgIpc) is 3.21. The van der Waals surface area contributed by atoms with Gasteiger partial charge in [-0.05, 0) is 97.0 Å². The molecular weight excluding hydrogens is 472 g/mol. The van der Waals surface area contributed by atoms with Crippen LogP contribution in [-0.2, 0) is 15.1 Å². The minimum Gasteiger partial charge on any atom is -0.462 e. The van der Waals surface area contributed by atoms with Crippen LogP contribution in [0, 0.1) is 17.3 Å². The van der Waals surface area contributed by atoms with E-state index in [0.29, 0.717) is 34.4 Å². The summed E-state index contributed by atoms with van der Waals surface area (Å²) in [7, 11) is 0. The molecule has 4 aliphatic rings. The molecule has 170 valence electrons. The first-order valence-corrected chi connectivity index (χ1v) is 12.4. The lowest BCUT2D eigenvalue weighted by atomic mass is 9.46. The smallest absolute Gasteiger partial charge is 0.338 e. The number of benzene rings is 1. The number of ether oxygens (including phenoxy) is 1. The van der Waals surface area contributed by atoms with Crippen molar-refractivity contribution >= 4 is 33.5 Å². The summed E-state index contributed by atoms with van der Waals surface area (Å²) in [6.45, 7) is 2.49. The van der Waals surface area contributed by atoms with Gasteiger partial charge in [0.15, 0.2) is 0 Å². The SMILES string of the molecule is CCCCOC(=O)c1ccc(NC(=O)C23C[C@H]4C[C@H](C2)CC(n2cnc(Br)n2)(C4)C3)cc1. The fourth-order valence-corrected chi connectivity index (χ4v) is 6.83. The van der Waals surface area contributed by atoms with E-state index in [9.17, 15) is 9.59 Å². The van der Waals surface area contributed by atoms with E-state index in [1.165, 1.54) is 6.42 Å². The van der Waals surface area contributed by atoms with Crippen molar-refractivity contribution < 1.29 is 14.3 Å². The van der Waals surface area contributed by atoms with Crippen molar-refractivity contribution in [3.05, 3.63) is 40.9 Å². The van der Waals surface area contributed by atoms with Crippen LogP contribution in [0.4, 0.5) is 5.69 Å². The molecule has 4 fully saturated rings. The molecule has 6 rings (SSSR count). The molecule has 4 saturated carbocycles. The second-order valence-corrected chi connectivity index (χ2v) is 10.7. The zero-order chi connectivity index (χ0) is 22.3. The van der Waals surface area contributed by atoms with Crippen LogP contribution in [0.1, 0.15) is 68.6 Å². The second-order valence-electron chi connectivity index (χ2n) is 9.94. The van der Waals surface area contributed by atoms with Crippen LogP contribution in [0.3, 0.4) is 0 Å². The van der Waals surface area contributed by atoms with Gasteiger partial charge in [-0.1, -0.05) is 13.3 Å². The molecule has 1 N–H and O–H groups in total. The Balaban J connectivity index is 1.31. The monoisotopic (exact) mass is 500 g/mol. The Morgan fingerprint density at radius 3 is 2.53 bits per heavy atom. The maximum atomic E-state index is 13.6. The number of esters is 1. The van der Waals surface area contributed by atoms with E-state index in [1.54, 1.807) is 30.6 Å². The first-order valence-electron chi connectivity index (χ1n) is 11.6. The van der Waals surface area contributed by atoms with Crippen molar-refractivity contribution in [2.24, 2.45) is 17.3 Å². The number of amides is 1. The van der Waals surface area contributed by atoms with Gasteiger partial charge in [0.05, 0.1) is 23.1 Å². The lowest BCUT2D eigenvalue weighted by Gasteiger charge is -2.60. The number of nitrogens with zero attached hydrogens (tertiary/aromatic N) is 3. The summed E-state index contributed by atoms with van der Waals surface area (Å²) in [5, 5.41) is 7.72. The molecule has 7 nitrogen and oxygen atoms in total. The lowest BCUT2D eigenvalue weighted by molar-refractivity contribution is -0.150. The van der Waals surface area contributed by atoms with E-state index in [4.69, 9.17) is 4.74 Å². The van der Waals surface area contributed by atoms with Crippen LogP contribution in [0.2, 0.25) is 0 Å². The third-order valence-corrected chi connectivity index (χ3v) is 7.93. The highest BCUT2D eigenvalue weighted by Crippen LogP contribution is 2.64. The van der Waals surface area contributed by atoms with Gasteiger partial charge in [0.1, 0.15) is 6.33 Å². The van der Waals surface area contributed by atoms with Crippen molar-refractivity contribution in [1.82, 2.24) is 14.8 Å². The summed E-state index contributed by atoms with van der Waals surface area (Å²) in [5.41, 5.74) is 0.727. The first-order chi connectivity index (χ1) is 15.4. The summed E-state index contributed by atoms with van der Waals surface area (Å²) < 4.78 is 7.87. The highest BCUT2D eigenvalue weighted by molar-refractivity contribution is 9.10. The Hall–Kier alpha value is -2.22. The van der Waals surface area contributed by atoms with Crippen LogP contribution in [-0.4, -0.2) is 33.2 Å². The fraction of sp³-hybridized carbons (Fsp3) is 0.583. The van der Waals surface area contributed by atoms with Crippen molar-refractivity contribution in [1.29, 1.82) is 0 Å². The number of aromatic nitrogens is 3. The summed E-state index contributed by atoms with van der Waals surface area (Å²) in [6, 6.07) is 7.02. The van der Waals surface area contributed by atoms with E-state index in [-0.39, 0.29) is 22.8 Å². The third-order valence-electron chi connectivity index (χ3n) is 7.57. The quantitative estimate of drug-likeness (QED) is 0.430. The van der Waals surface area contributed by atoms with E-state index < -0.39 is 0 Å². The molecular formula is C24H29BrN4O3. The van der Waals surface area contributed by atoms with Gasteiger partial charge in [-0.25, -0.2) is 14.5 Å². The number of hydrogen-bond donors (Lipinski definition) is 1. The number of carbonyl (C=O) groups is 2. The zero-order valence-electron chi connectivity index (χ0n) is 18.3. The van der Waals surface area contributed by atoms with Gasteiger partial charge >= 0.3 is 5.97 Å². The van der Waals surface area contributed by atoms with Crippen LogP contribution < -0.4 is 5.32 Å². The molecule has 0 spiro atoms. The molecule has 8 heteroatoms. The second kappa shape index (κ2) is 8.28. The van der Waals surface area contributed by atoms with E-state index in [2.05, 4.69) is 38.3 Å². The van der Waals surface area contributed by atoms with Crippen LogP contribution in [0.25, 0.3) is 0 Å². The topological polar surface area (TPSA) is 86.1 Å². The summed E-state index contributed by atoms with van der Waals surface area (Å²) >= 11 is 3.38. The Morgan fingerprint density at radius 2 is 1.91 bits per heavy atom. The predicted molar refractivity (Wildman–Crippen MR) is 123 cm³/mol. The van der Waals surface area contributed by atoms with E-state index in [0.717, 1.165) is 44.9 Å². The summed E-state index contributed by atoms with van der Waals surface area (Å²) in [4.78, 5) is 30.0. The molecule has 0 radical (unpaired) electrons. The first kappa shape index (κ1) is 21.6. The van der Waals surface area contributed by atoms with Crippen LogP contribution in [0.15, 0.2) is 35.3 Å². The predicted octanol–water partition coefficient (Wildman–Crippen LogP) is 4.93. The molecule has 1 aromatic heterocycles. The Morgan fingerprint density at radius 1 is 1.19 bits per heavy atom. The number of carbonyl (C=O) groups excluding carboxylic acids is 2. The Kier molecular flexibility index (Phi) is 5.60. The standard InChI is InChI=1S/C24H29BrN4O3/c1-2-3-8-32-20(30)18-4-6-19(7-5-18)27-21(31)23-10-16-9-17(11-23)13-24(12-16,14-23)29-15-26-22(25)28-29/h4-7,15-17H,2-3,8-14H2,1H3,(H,27,31)/t16-,17-,23?,24?/m1/s1. The highest BCUT2D eigenvalue weighted by Gasteiger charge is 2.61. The maximum Gasteiger partial charge on any atom is 0.338 e. The van der Waals surface area contributed by atoms with Gasteiger partial charge in [-0.3, -0.25) is 4.79 Å². The van der Waals surface area contributed by atoms with E-state index >= 15 is 0 Å². The number of rotatable bonds is 7. The number of halogens is 1. The minimum absolute atomic E-state index is 0.0911. The van der Waals surface area contributed by atoms with Crippen molar-refractivity contribution in [2.75, 3.05) is 11.9 Å². The minimum atomic E-state index is -0.375. The lowest BCUT2D eigenvalue weighted by Crippen LogP contribution is -2.60. The molecule has 0 saturated heterocycles. The van der Waals surface area contributed by atoms with Crippen molar-refractivity contribution in [2.45, 2.75) is 63.8 Å². The van der Waals surface area contributed by atoms with Crippen LogP contribution >= 0.6 is 15.9 Å². The molecule has 0 aliphatic heterocycles. The summed E-state index contributed by atoms with van der Waals surface area (Å²) in [6.07, 6.45) is 9.68. The molecule has 0 unspecified atom stereocenters. The number of hydrogen-bond acceptors (Lipinski definition) is 5. The molecule has 4 aliphatic carbocycles. The third kappa shape index (κ3) is 3.87. The van der Waals surface area contributed by atoms with Gasteiger partial charge in [0, 0.05) is 5.69 Å². The normalized spacial score (nSPS) is 30.3. The Bertz CT molecular complexity index is 1000. The molecule has 32 heavy (non-hydrogen) atoms. The number of anilines is 1. The zero-order valence-corrected chi connectivity index (χ0v) is 19.9. The Labute approximate surface area is 196 Å². The summed E-state index contributed by atoms with van der Waals surface area (Å²) in [5.74, 6) is 0.863. The number of unbranched alkanes of at least 4 members (excludes halogenated alkanes) is 1. The number of nitrogens with one attached hydrogen (secondary N) is 1. The molecule has 1 heterocycles. The highest BCUT2D eigenvalue weighted by atomic mass is 79.9. The molecule has 1 amide bonds. The van der Waals surface area contributed by atoms with Gasteiger partial charge < -0.3 is 10.1 Å². The van der Waals surface area contributed by atoms with Gasteiger partial charge in [-0.15, -0.1) is 5.10 Å². The fourth-order valence-electron chi connectivity index (χ4n) is 6.57. The van der Waals surface area contributed by atoms with E-state index in [1.807, 2.05) is 4.68 Å². The largest absolute Gasteiger partial charge is 0.462 e. The molecule has 4 bridgehead atoms. The van der Waals surface area contributed by atoms with Crippen molar-refractivity contribution in [3.63, 3.8) is 0 Å². The van der Waals surface area contributed by atoms with Gasteiger partial charge in [0.2, 0.25) is 10.6 Å². The van der Waals surface area contributed by atoms with Crippen LogP contribution in [0.5, 0.6) is 0 Å².